The fraction of sp³-hybridized carbons (Fsp3) is 0.333. The van der Waals surface area contributed by atoms with Crippen LogP contribution in [0.5, 0.6) is 0 Å². The van der Waals surface area contributed by atoms with E-state index in [0.717, 1.165) is 12.0 Å². The van der Waals surface area contributed by atoms with Gasteiger partial charge >= 0.3 is 0 Å². The van der Waals surface area contributed by atoms with E-state index in [9.17, 15) is 8.42 Å². The molecule has 0 bridgehead atoms. The van der Waals surface area contributed by atoms with Gasteiger partial charge in [-0.1, -0.05) is 0 Å². The molecule has 0 atom stereocenters. The fourth-order valence-electron chi connectivity index (χ4n) is 2.24. The van der Waals surface area contributed by atoms with Gasteiger partial charge in [-0.05, 0) is 29.5 Å². The molecule has 0 radical (unpaired) electrons. The highest BCUT2D eigenvalue weighted by molar-refractivity contribution is 7.89. The molecule has 19 heavy (non-hydrogen) atoms. The van der Waals surface area contributed by atoms with E-state index in [2.05, 4.69) is 4.98 Å². The number of H-pyrrole nitrogens is 1. The molecule has 0 spiro atoms. The van der Waals surface area contributed by atoms with Crippen molar-refractivity contribution in [2.24, 2.45) is 0 Å². The van der Waals surface area contributed by atoms with Crippen molar-refractivity contribution in [3.63, 3.8) is 0 Å². The predicted octanol–water partition coefficient (Wildman–Crippen LogP) is 1.32. The molecule has 0 unspecified atom stereocenters. The molecular weight excluding hydrogens is 284 g/mol. The first-order valence-electron chi connectivity index (χ1n) is 5.95. The minimum atomic E-state index is -3.48. The molecular formula is C12H14N2O3S2. The normalized spacial score (nSPS) is 16.5. The Bertz CT molecular complexity index is 687. The van der Waals surface area contributed by atoms with Gasteiger partial charge in [0, 0.05) is 29.9 Å². The molecule has 7 heteroatoms. The van der Waals surface area contributed by atoms with Crippen LogP contribution in [0.25, 0.3) is 0 Å². The number of aromatic amines is 1. The van der Waals surface area contributed by atoms with Crippen LogP contribution in [0, 0.1) is 0 Å². The van der Waals surface area contributed by atoms with Crippen molar-refractivity contribution in [1.29, 1.82) is 0 Å². The SMILES string of the molecule is O=S(=O)(c1c[nH]c(CO)c1)N1CCc2sccc2C1. The lowest BCUT2D eigenvalue weighted by Crippen LogP contribution is -2.35. The number of sulfonamides is 1. The van der Waals surface area contributed by atoms with Crippen molar-refractivity contribution in [3.8, 4) is 0 Å². The molecule has 0 aliphatic carbocycles. The highest BCUT2D eigenvalue weighted by Crippen LogP contribution is 2.28. The number of fused-ring (bicyclic) bond motifs is 1. The molecule has 2 aromatic rings. The topological polar surface area (TPSA) is 73.4 Å². The van der Waals surface area contributed by atoms with Gasteiger partial charge in [0.05, 0.1) is 11.5 Å². The monoisotopic (exact) mass is 298 g/mol. The summed E-state index contributed by atoms with van der Waals surface area (Å²) in [6.45, 7) is 0.750. The van der Waals surface area contributed by atoms with Crippen LogP contribution in [0.4, 0.5) is 0 Å². The third-order valence-electron chi connectivity index (χ3n) is 3.30. The molecule has 3 rings (SSSR count). The molecule has 0 fully saturated rings. The molecule has 0 aromatic carbocycles. The van der Waals surface area contributed by atoms with Gasteiger partial charge in [0.25, 0.3) is 0 Å². The summed E-state index contributed by atoms with van der Waals surface area (Å²) in [7, 11) is -3.48. The minimum Gasteiger partial charge on any atom is -0.390 e. The Balaban J connectivity index is 1.89. The first-order valence-corrected chi connectivity index (χ1v) is 8.27. The zero-order valence-corrected chi connectivity index (χ0v) is 11.8. The number of aliphatic hydroxyl groups is 1. The molecule has 2 aromatic heterocycles. The summed E-state index contributed by atoms with van der Waals surface area (Å²) in [4.78, 5) is 4.25. The average Bonchev–Trinajstić information content (AvgIpc) is 3.06. The highest BCUT2D eigenvalue weighted by atomic mass is 32.2. The Morgan fingerprint density at radius 1 is 1.47 bits per heavy atom. The van der Waals surface area contributed by atoms with Gasteiger partial charge in [-0.15, -0.1) is 11.3 Å². The zero-order chi connectivity index (χ0) is 13.5. The summed E-state index contributed by atoms with van der Waals surface area (Å²) in [6.07, 6.45) is 2.20. The van der Waals surface area contributed by atoms with E-state index >= 15 is 0 Å². The van der Waals surface area contributed by atoms with Gasteiger partial charge in [0.1, 0.15) is 0 Å². The third kappa shape index (κ3) is 2.23. The molecule has 102 valence electrons. The number of rotatable bonds is 3. The van der Waals surface area contributed by atoms with Crippen LogP contribution in [0.3, 0.4) is 0 Å². The van der Waals surface area contributed by atoms with Gasteiger partial charge in [-0.3, -0.25) is 0 Å². The zero-order valence-electron chi connectivity index (χ0n) is 10.2. The summed E-state index contributed by atoms with van der Waals surface area (Å²) in [5.41, 5.74) is 1.60. The van der Waals surface area contributed by atoms with Gasteiger partial charge in [-0.25, -0.2) is 8.42 Å². The smallest absolute Gasteiger partial charge is 0.244 e. The molecule has 0 saturated heterocycles. The summed E-state index contributed by atoms with van der Waals surface area (Å²) in [6, 6.07) is 3.47. The second-order valence-electron chi connectivity index (χ2n) is 4.48. The van der Waals surface area contributed by atoms with Crippen molar-refractivity contribution in [3.05, 3.63) is 39.8 Å². The molecule has 0 saturated carbocycles. The number of hydrogen-bond acceptors (Lipinski definition) is 4. The summed E-state index contributed by atoms with van der Waals surface area (Å²) in [5, 5.41) is 11.0. The van der Waals surface area contributed by atoms with Crippen molar-refractivity contribution in [2.75, 3.05) is 6.54 Å². The van der Waals surface area contributed by atoms with Gasteiger partial charge in [-0.2, -0.15) is 4.31 Å². The van der Waals surface area contributed by atoms with Crippen molar-refractivity contribution < 1.29 is 13.5 Å². The number of nitrogens with zero attached hydrogens (tertiary/aromatic N) is 1. The Morgan fingerprint density at radius 3 is 3.05 bits per heavy atom. The Labute approximate surface area is 115 Å². The third-order valence-corrected chi connectivity index (χ3v) is 6.14. The lowest BCUT2D eigenvalue weighted by molar-refractivity contribution is 0.277. The van der Waals surface area contributed by atoms with E-state index in [1.165, 1.54) is 21.4 Å². The van der Waals surface area contributed by atoms with Crippen molar-refractivity contribution in [1.82, 2.24) is 9.29 Å². The highest BCUT2D eigenvalue weighted by Gasteiger charge is 2.29. The second-order valence-corrected chi connectivity index (χ2v) is 7.41. The lowest BCUT2D eigenvalue weighted by atomic mass is 10.1. The maximum Gasteiger partial charge on any atom is 0.244 e. The molecule has 2 N–H and O–H groups in total. The molecule has 0 amide bonds. The van der Waals surface area contributed by atoms with Crippen LogP contribution < -0.4 is 0 Å². The van der Waals surface area contributed by atoms with Crippen LogP contribution in [-0.2, 0) is 29.6 Å². The van der Waals surface area contributed by atoms with Crippen LogP contribution >= 0.6 is 11.3 Å². The molecule has 5 nitrogen and oxygen atoms in total. The molecule has 1 aliphatic heterocycles. The van der Waals surface area contributed by atoms with Crippen molar-refractivity contribution in [2.45, 2.75) is 24.5 Å². The molecule has 1 aliphatic rings. The van der Waals surface area contributed by atoms with Gasteiger partial charge < -0.3 is 10.1 Å². The Morgan fingerprint density at radius 2 is 2.32 bits per heavy atom. The summed E-state index contributed by atoms with van der Waals surface area (Å²) in [5.74, 6) is 0. The minimum absolute atomic E-state index is 0.190. The number of aliphatic hydroxyl groups excluding tert-OH is 1. The van der Waals surface area contributed by atoms with Gasteiger partial charge in [0.15, 0.2) is 0 Å². The van der Waals surface area contributed by atoms with E-state index in [-0.39, 0.29) is 11.5 Å². The van der Waals surface area contributed by atoms with E-state index in [1.54, 1.807) is 11.3 Å². The van der Waals surface area contributed by atoms with Crippen LogP contribution in [0.2, 0.25) is 0 Å². The number of aromatic nitrogens is 1. The largest absolute Gasteiger partial charge is 0.390 e. The number of nitrogens with one attached hydrogen (secondary N) is 1. The maximum atomic E-state index is 12.5. The lowest BCUT2D eigenvalue weighted by Gasteiger charge is -2.25. The van der Waals surface area contributed by atoms with E-state index in [4.69, 9.17) is 5.11 Å². The average molecular weight is 298 g/mol. The Hall–Kier alpha value is -1.15. The van der Waals surface area contributed by atoms with Gasteiger partial charge in [0.2, 0.25) is 10.0 Å². The number of thiophene rings is 1. The maximum absolute atomic E-state index is 12.5. The first kappa shape index (κ1) is 12.9. The standard InChI is InChI=1S/C12H14N2O3S2/c15-8-10-5-11(6-13-10)19(16,17)14-3-1-12-9(7-14)2-4-18-12/h2,4-6,13,15H,1,3,7-8H2. The fourth-order valence-corrected chi connectivity index (χ4v) is 4.56. The summed E-state index contributed by atoms with van der Waals surface area (Å²) >= 11 is 1.68. The quantitative estimate of drug-likeness (QED) is 0.897. The van der Waals surface area contributed by atoms with Crippen molar-refractivity contribution >= 4 is 21.4 Å². The van der Waals surface area contributed by atoms with Crippen LogP contribution in [0.1, 0.15) is 16.1 Å². The summed E-state index contributed by atoms with van der Waals surface area (Å²) < 4.78 is 26.4. The van der Waals surface area contributed by atoms with E-state index < -0.39 is 10.0 Å². The first-order chi connectivity index (χ1) is 9.11. The Kier molecular flexibility index (Phi) is 3.22. The second kappa shape index (κ2) is 4.75. The van der Waals surface area contributed by atoms with E-state index in [0.29, 0.717) is 18.8 Å². The van der Waals surface area contributed by atoms with Crippen LogP contribution in [-0.4, -0.2) is 29.4 Å². The number of hydrogen-bond donors (Lipinski definition) is 2. The van der Waals surface area contributed by atoms with Crippen LogP contribution in [0.15, 0.2) is 28.6 Å². The van der Waals surface area contributed by atoms with E-state index in [1.807, 2.05) is 11.4 Å². The predicted molar refractivity (Wildman–Crippen MR) is 72.3 cm³/mol. The molecule has 3 heterocycles.